The number of hydrogen-bond donors (Lipinski definition) is 2. The van der Waals surface area contributed by atoms with Crippen molar-refractivity contribution in [1.29, 1.82) is 0 Å². The number of halogens is 1. The molecular formula is C27H40ClN3O2. The molecule has 0 bridgehead atoms. The fraction of sp³-hybridized carbons (Fsp3) is 0.630. The molecule has 4 rings (SSSR count). The number of nitrogens with one attached hydrogen (secondary N) is 2. The van der Waals surface area contributed by atoms with Crippen LogP contribution in [0.25, 0.3) is 11.3 Å². The molecule has 6 heteroatoms. The van der Waals surface area contributed by atoms with Gasteiger partial charge in [0.25, 0.3) is 0 Å². The van der Waals surface area contributed by atoms with Crippen molar-refractivity contribution < 1.29 is 9.32 Å². The Bertz CT molecular complexity index is 882. The number of hydrogen-bond acceptors (Lipinski definition) is 4. The van der Waals surface area contributed by atoms with E-state index in [1.54, 1.807) is 0 Å². The highest BCUT2D eigenvalue weighted by Crippen LogP contribution is 2.30. The Morgan fingerprint density at radius 3 is 2.52 bits per heavy atom. The molecule has 1 aromatic carbocycles. The monoisotopic (exact) mass is 473 g/mol. The van der Waals surface area contributed by atoms with E-state index in [1.807, 2.05) is 0 Å². The van der Waals surface area contributed by atoms with Crippen LogP contribution >= 0.6 is 12.4 Å². The zero-order chi connectivity index (χ0) is 22.6. The third-order valence-corrected chi connectivity index (χ3v) is 7.25. The van der Waals surface area contributed by atoms with Crippen LogP contribution in [-0.2, 0) is 16.6 Å². The summed E-state index contributed by atoms with van der Waals surface area (Å²) >= 11 is 0. The molecule has 2 fully saturated rings. The molecule has 0 spiro atoms. The minimum Gasteiger partial charge on any atom is -0.356 e. The predicted molar refractivity (Wildman–Crippen MR) is 136 cm³/mol. The van der Waals surface area contributed by atoms with Crippen molar-refractivity contribution in [2.75, 3.05) is 13.1 Å². The summed E-state index contributed by atoms with van der Waals surface area (Å²) in [5.74, 6) is 1.84. The van der Waals surface area contributed by atoms with Gasteiger partial charge in [-0.25, -0.2) is 0 Å². The fourth-order valence-electron chi connectivity index (χ4n) is 5.20. The quantitative estimate of drug-likeness (QED) is 0.567. The number of carbonyl (C=O) groups excluding carboxylic acids is 1. The first-order valence-corrected chi connectivity index (χ1v) is 12.4. The Labute approximate surface area is 204 Å². The van der Waals surface area contributed by atoms with Gasteiger partial charge in [-0.3, -0.25) is 4.79 Å². The van der Waals surface area contributed by atoms with Gasteiger partial charge in [-0.15, -0.1) is 12.4 Å². The third kappa shape index (κ3) is 7.07. The largest absolute Gasteiger partial charge is 0.356 e. The number of carbonyl (C=O) groups is 1. The van der Waals surface area contributed by atoms with Crippen LogP contribution in [0.15, 0.2) is 34.9 Å². The normalized spacial score (nSPS) is 21.9. The minimum atomic E-state index is 0. The van der Waals surface area contributed by atoms with Gasteiger partial charge in [0.05, 0.1) is 5.69 Å². The van der Waals surface area contributed by atoms with Gasteiger partial charge >= 0.3 is 0 Å². The summed E-state index contributed by atoms with van der Waals surface area (Å²) in [6, 6.07) is 11.0. The summed E-state index contributed by atoms with van der Waals surface area (Å²) in [5, 5.41) is 11.2. The Balaban J connectivity index is 0.00000306. The first-order chi connectivity index (χ1) is 15.4. The molecule has 0 radical (unpaired) electrons. The van der Waals surface area contributed by atoms with E-state index in [0.29, 0.717) is 24.3 Å². The van der Waals surface area contributed by atoms with E-state index in [4.69, 9.17) is 4.52 Å². The third-order valence-electron chi connectivity index (χ3n) is 7.25. The summed E-state index contributed by atoms with van der Waals surface area (Å²) < 4.78 is 5.68. The Hall–Kier alpha value is -1.85. The van der Waals surface area contributed by atoms with E-state index in [-0.39, 0.29) is 23.7 Å². The predicted octanol–water partition coefficient (Wildman–Crippen LogP) is 5.67. The number of benzene rings is 1. The molecule has 1 amide bonds. The van der Waals surface area contributed by atoms with Crippen molar-refractivity contribution in [3.63, 3.8) is 0 Å². The van der Waals surface area contributed by atoms with E-state index >= 15 is 0 Å². The number of amides is 1. The summed E-state index contributed by atoms with van der Waals surface area (Å²) in [7, 11) is 0. The average molecular weight is 474 g/mol. The highest BCUT2D eigenvalue weighted by Gasteiger charge is 2.29. The highest BCUT2D eigenvalue weighted by atomic mass is 35.5. The van der Waals surface area contributed by atoms with Crippen molar-refractivity contribution in [3.8, 4) is 11.3 Å². The molecule has 2 aromatic rings. The maximum Gasteiger partial charge on any atom is 0.220 e. The summed E-state index contributed by atoms with van der Waals surface area (Å²) in [6.07, 6.45) is 8.59. The second-order valence-electron chi connectivity index (χ2n) is 10.8. The van der Waals surface area contributed by atoms with E-state index in [2.05, 4.69) is 66.9 Å². The van der Waals surface area contributed by atoms with Crippen LogP contribution in [0, 0.1) is 11.8 Å². The number of rotatable bonds is 6. The summed E-state index contributed by atoms with van der Waals surface area (Å²) in [5.41, 5.74) is 3.48. The summed E-state index contributed by atoms with van der Waals surface area (Å²) in [4.78, 5) is 12.7. The van der Waals surface area contributed by atoms with Crippen molar-refractivity contribution in [1.82, 2.24) is 15.8 Å². The maximum atomic E-state index is 12.7. The standard InChI is InChI=1S/C27H39N3O2.ClH/c1-27(2,3)22-11-9-19(10-12-22)25-17-24(30-32-25)15-21-18-28-14-13-20(21)16-26(31)29-23-7-5-4-6-8-23;/h9-12,17,20-21,23,28H,4-8,13-16,18H2,1-3H3,(H,29,31);1H/t20-,21-;/m0./s1. The first kappa shape index (κ1) is 25.8. The highest BCUT2D eigenvalue weighted by molar-refractivity contribution is 5.85. The van der Waals surface area contributed by atoms with Crippen molar-refractivity contribution in [2.24, 2.45) is 11.8 Å². The van der Waals surface area contributed by atoms with Gasteiger partial charge in [0.1, 0.15) is 0 Å². The van der Waals surface area contributed by atoms with E-state index in [1.165, 1.54) is 24.8 Å². The average Bonchev–Trinajstić information content (AvgIpc) is 3.24. The smallest absolute Gasteiger partial charge is 0.220 e. The maximum absolute atomic E-state index is 12.7. The molecule has 2 N–H and O–H groups in total. The van der Waals surface area contributed by atoms with Gasteiger partial charge in [0.15, 0.2) is 5.76 Å². The van der Waals surface area contributed by atoms with Gasteiger partial charge in [-0.05, 0) is 61.6 Å². The molecule has 2 aliphatic rings. The Morgan fingerprint density at radius 1 is 1.09 bits per heavy atom. The Morgan fingerprint density at radius 2 is 1.82 bits per heavy atom. The molecule has 33 heavy (non-hydrogen) atoms. The fourth-order valence-corrected chi connectivity index (χ4v) is 5.20. The molecule has 1 aliphatic carbocycles. The molecule has 2 atom stereocenters. The molecule has 1 saturated carbocycles. The summed E-state index contributed by atoms with van der Waals surface area (Å²) in [6.45, 7) is 8.59. The number of aromatic nitrogens is 1. The van der Waals surface area contributed by atoms with Gasteiger partial charge in [0, 0.05) is 24.1 Å². The van der Waals surface area contributed by atoms with Crippen LogP contribution in [0.4, 0.5) is 0 Å². The minimum absolute atomic E-state index is 0. The molecule has 0 unspecified atom stereocenters. The Kier molecular flexibility index (Phi) is 9.00. The number of piperidine rings is 1. The lowest BCUT2D eigenvalue weighted by molar-refractivity contribution is -0.123. The van der Waals surface area contributed by atoms with Gasteiger partial charge < -0.3 is 15.2 Å². The second-order valence-corrected chi connectivity index (χ2v) is 10.8. The second kappa shape index (κ2) is 11.5. The molecule has 5 nitrogen and oxygen atoms in total. The van der Waals surface area contributed by atoms with Crippen LogP contribution in [0.5, 0.6) is 0 Å². The molecule has 1 aromatic heterocycles. The van der Waals surface area contributed by atoms with Crippen LogP contribution in [0.2, 0.25) is 0 Å². The van der Waals surface area contributed by atoms with Crippen molar-refractivity contribution in [2.45, 2.75) is 83.6 Å². The van der Waals surface area contributed by atoms with Crippen molar-refractivity contribution in [3.05, 3.63) is 41.6 Å². The van der Waals surface area contributed by atoms with E-state index in [9.17, 15) is 4.79 Å². The van der Waals surface area contributed by atoms with Crippen molar-refractivity contribution >= 4 is 18.3 Å². The SMILES string of the molecule is CC(C)(C)c1ccc(-c2cc(C[C@H]3CNCC[C@H]3CC(=O)NC3CCCCC3)no2)cc1.Cl. The van der Waals surface area contributed by atoms with Gasteiger partial charge in [0.2, 0.25) is 5.91 Å². The molecule has 1 aliphatic heterocycles. The van der Waals surface area contributed by atoms with E-state index in [0.717, 1.165) is 55.8 Å². The lowest BCUT2D eigenvalue weighted by Crippen LogP contribution is -2.42. The van der Waals surface area contributed by atoms with Crippen LogP contribution in [0.3, 0.4) is 0 Å². The zero-order valence-electron chi connectivity index (χ0n) is 20.4. The first-order valence-electron chi connectivity index (χ1n) is 12.4. The topological polar surface area (TPSA) is 67.2 Å². The van der Waals surface area contributed by atoms with Crippen LogP contribution in [-0.4, -0.2) is 30.2 Å². The molecule has 1 saturated heterocycles. The molecular weight excluding hydrogens is 434 g/mol. The zero-order valence-corrected chi connectivity index (χ0v) is 21.2. The van der Waals surface area contributed by atoms with Gasteiger partial charge in [-0.1, -0.05) is 69.5 Å². The lowest BCUT2D eigenvalue weighted by Gasteiger charge is -2.32. The van der Waals surface area contributed by atoms with Crippen LogP contribution in [0.1, 0.15) is 77.0 Å². The molecule has 2 heterocycles. The van der Waals surface area contributed by atoms with Crippen LogP contribution < -0.4 is 10.6 Å². The molecule has 182 valence electrons. The van der Waals surface area contributed by atoms with Gasteiger partial charge in [-0.2, -0.15) is 0 Å². The lowest BCUT2D eigenvalue weighted by atomic mass is 9.81. The van der Waals surface area contributed by atoms with E-state index < -0.39 is 0 Å². The number of nitrogens with zero attached hydrogens (tertiary/aromatic N) is 1.